The number of imide groups is 1. The molecule has 0 aliphatic carbocycles. The van der Waals surface area contributed by atoms with E-state index in [1.165, 1.54) is 0 Å². The fourth-order valence-corrected chi connectivity index (χ4v) is 2.34. The molecule has 1 aliphatic heterocycles. The summed E-state index contributed by atoms with van der Waals surface area (Å²) >= 11 is 6.11. The third kappa shape index (κ3) is 2.34. The van der Waals surface area contributed by atoms with Gasteiger partial charge in [0.25, 0.3) is 0 Å². The van der Waals surface area contributed by atoms with Gasteiger partial charge in [0.1, 0.15) is 5.15 Å². The molecule has 6 heteroatoms. The van der Waals surface area contributed by atoms with Crippen molar-refractivity contribution in [2.75, 3.05) is 0 Å². The maximum atomic E-state index is 11.6. The predicted octanol–water partition coefficient (Wildman–Crippen LogP) is 0.977. The molecule has 0 saturated carbocycles. The summed E-state index contributed by atoms with van der Waals surface area (Å²) < 4.78 is 1.60. The smallest absolute Gasteiger partial charge is 0.230 e. The van der Waals surface area contributed by atoms with E-state index in [9.17, 15) is 9.59 Å². The minimum atomic E-state index is -0.208. The van der Waals surface area contributed by atoms with Crippen molar-refractivity contribution in [2.24, 2.45) is 13.0 Å². The normalized spacial score (nSPS) is 20.5. The quantitative estimate of drug-likeness (QED) is 0.801. The van der Waals surface area contributed by atoms with Crippen molar-refractivity contribution >= 4 is 23.4 Å². The topological polar surface area (TPSA) is 64.0 Å². The molecule has 0 radical (unpaired) electrons. The highest BCUT2D eigenvalue weighted by Gasteiger charge is 2.28. The standard InChI is InChI=1S/C11H14ClN3O2/c1-6-8(10(12)15(2)14-6)5-7-3-4-9(16)13-11(7)17/h7H,3-5H2,1-2H3,(H,13,16,17). The average Bonchev–Trinajstić information content (AvgIpc) is 2.48. The third-order valence-electron chi connectivity index (χ3n) is 3.07. The van der Waals surface area contributed by atoms with E-state index in [1.807, 2.05) is 6.92 Å². The fourth-order valence-electron chi connectivity index (χ4n) is 2.09. The lowest BCUT2D eigenvalue weighted by Crippen LogP contribution is -2.41. The largest absolute Gasteiger partial charge is 0.296 e. The lowest BCUT2D eigenvalue weighted by molar-refractivity contribution is -0.136. The van der Waals surface area contributed by atoms with Crippen LogP contribution >= 0.6 is 11.6 Å². The molecule has 2 amide bonds. The summed E-state index contributed by atoms with van der Waals surface area (Å²) in [6.45, 7) is 1.87. The Bertz CT molecular complexity index is 481. The van der Waals surface area contributed by atoms with Gasteiger partial charge in [-0.15, -0.1) is 0 Å². The number of hydrogen-bond donors (Lipinski definition) is 1. The lowest BCUT2D eigenvalue weighted by Gasteiger charge is -2.20. The summed E-state index contributed by atoms with van der Waals surface area (Å²) in [6, 6.07) is 0. The van der Waals surface area contributed by atoms with Crippen molar-refractivity contribution < 1.29 is 9.59 Å². The number of aryl methyl sites for hydroxylation is 2. The number of rotatable bonds is 2. The van der Waals surface area contributed by atoms with Crippen LogP contribution in [0.4, 0.5) is 0 Å². The van der Waals surface area contributed by atoms with Crippen LogP contribution in [0, 0.1) is 12.8 Å². The van der Waals surface area contributed by atoms with E-state index in [-0.39, 0.29) is 17.7 Å². The van der Waals surface area contributed by atoms with E-state index in [1.54, 1.807) is 11.7 Å². The van der Waals surface area contributed by atoms with Crippen molar-refractivity contribution in [3.8, 4) is 0 Å². The van der Waals surface area contributed by atoms with Crippen molar-refractivity contribution in [3.63, 3.8) is 0 Å². The zero-order valence-corrected chi connectivity index (χ0v) is 10.5. The monoisotopic (exact) mass is 255 g/mol. The molecular formula is C11H14ClN3O2. The Hall–Kier alpha value is -1.36. The first kappa shape index (κ1) is 12.1. The molecule has 92 valence electrons. The molecule has 1 saturated heterocycles. The summed E-state index contributed by atoms with van der Waals surface area (Å²) in [5, 5.41) is 7.11. The second kappa shape index (κ2) is 4.49. The van der Waals surface area contributed by atoms with E-state index < -0.39 is 0 Å². The van der Waals surface area contributed by atoms with E-state index in [2.05, 4.69) is 10.4 Å². The first-order valence-electron chi connectivity index (χ1n) is 5.50. The summed E-state index contributed by atoms with van der Waals surface area (Å²) in [6.07, 6.45) is 1.51. The Morgan fingerprint density at radius 1 is 1.53 bits per heavy atom. The molecule has 1 aliphatic rings. The van der Waals surface area contributed by atoms with Crippen molar-refractivity contribution in [3.05, 3.63) is 16.4 Å². The third-order valence-corrected chi connectivity index (χ3v) is 3.55. The Morgan fingerprint density at radius 3 is 2.76 bits per heavy atom. The Labute approximate surface area is 104 Å². The summed E-state index contributed by atoms with van der Waals surface area (Å²) in [4.78, 5) is 22.7. The molecule has 0 bridgehead atoms. The van der Waals surface area contributed by atoms with Crippen molar-refractivity contribution in [1.82, 2.24) is 15.1 Å². The Morgan fingerprint density at radius 2 is 2.24 bits per heavy atom. The number of carbonyl (C=O) groups is 2. The SMILES string of the molecule is Cc1nn(C)c(Cl)c1CC1CCC(=O)NC1=O. The van der Waals surface area contributed by atoms with Gasteiger partial charge < -0.3 is 0 Å². The van der Waals surface area contributed by atoms with Gasteiger partial charge in [0.15, 0.2) is 0 Å². The van der Waals surface area contributed by atoms with Crippen molar-refractivity contribution in [1.29, 1.82) is 0 Å². The van der Waals surface area contributed by atoms with E-state index in [0.717, 1.165) is 11.3 Å². The minimum absolute atomic E-state index is 0.187. The van der Waals surface area contributed by atoms with Gasteiger partial charge in [0.2, 0.25) is 11.8 Å². The number of nitrogens with zero attached hydrogens (tertiary/aromatic N) is 2. The molecule has 1 aromatic rings. The van der Waals surface area contributed by atoms with Crippen LogP contribution < -0.4 is 5.32 Å². The second-order valence-electron chi connectivity index (χ2n) is 4.33. The molecule has 1 atom stereocenters. The summed E-state index contributed by atoms with van der Waals surface area (Å²) in [7, 11) is 1.77. The van der Waals surface area contributed by atoms with Gasteiger partial charge in [-0.2, -0.15) is 5.10 Å². The molecule has 2 heterocycles. The predicted molar refractivity (Wildman–Crippen MR) is 62.5 cm³/mol. The van der Waals surface area contributed by atoms with Crippen LogP contribution in [0.15, 0.2) is 0 Å². The zero-order chi connectivity index (χ0) is 12.6. The van der Waals surface area contributed by atoms with Gasteiger partial charge in [0, 0.05) is 24.9 Å². The highest BCUT2D eigenvalue weighted by molar-refractivity contribution is 6.30. The van der Waals surface area contributed by atoms with Gasteiger partial charge in [0.05, 0.1) is 5.69 Å². The molecule has 5 nitrogen and oxygen atoms in total. The first-order valence-corrected chi connectivity index (χ1v) is 5.88. The van der Waals surface area contributed by atoms with Crippen LogP contribution in [-0.4, -0.2) is 21.6 Å². The van der Waals surface area contributed by atoms with E-state index in [4.69, 9.17) is 11.6 Å². The highest BCUT2D eigenvalue weighted by atomic mass is 35.5. The molecular weight excluding hydrogens is 242 g/mol. The number of nitrogens with one attached hydrogen (secondary N) is 1. The fraction of sp³-hybridized carbons (Fsp3) is 0.545. The molecule has 1 unspecified atom stereocenters. The molecule has 17 heavy (non-hydrogen) atoms. The van der Waals surface area contributed by atoms with Gasteiger partial charge in [-0.05, 0) is 19.8 Å². The molecule has 1 N–H and O–H groups in total. The zero-order valence-electron chi connectivity index (χ0n) is 9.79. The summed E-state index contributed by atoms with van der Waals surface area (Å²) in [5.41, 5.74) is 1.73. The maximum absolute atomic E-state index is 11.6. The Balaban J connectivity index is 2.16. The van der Waals surface area contributed by atoms with Crippen LogP contribution in [0.3, 0.4) is 0 Å². The van der Waals surface area contributed by atoms with Crippen molar-refractivity contribution in [2.45, 2.75) is 26.2 Å². The number of amides is 2. The number of hydrogen-bond acceptors (Lipinski definition) is 3. The molecule has 0 spiro atoms. The van der Waals surface area contributed by atoms with Crippen LogP contribution in [0.5, 0.6) is 0 Å². The van der Waals surface area contributed by atoms with Crippen LogP contribution in [0.25, 0.3) is 0 Å². The molecule has 1 fully saturated rings. The lowest BCUT2D eigenvalue weighted by atomic mass is 9.91. The maximum Gasteiger partial charge on any atom is 0.230 e. The molecule has 0 aromatic carbocycles. The molecule has 2 rings (SSSR count). The van der Waals surface area contributed by atoms with Crippen LogP contribution in [0.2, 0.25) is 5.15 Å². The average molecular weight is 256 g/mol. The summed E-state index contributed by atoms with van der Waals surface area (Å²) in [5.74, 6) is -0.589. The van der Waals surface area contributed by atoms with E-state index in [0.29, 0.717) is 24.4 Å². The number of aromatic nitrogens is 2. The van der Waals surface area contributed by atoms with E-state index >= 15 is 0 Å². The van der Waals surface area contributed by atoms with Gasteiger partial charge in [-0.25, -0.2) is 0 Å². The van der Waals surface area contributed by atoms with Crippen LogP contribution in [-0.2, 0) is 23.1 Å². The number of halogens is 1. The first-order chi connectivity index (χ1) is 7.99. The van der Waals surface area contributed by atoms with Gasteiger partial charge >= 0.3 is 0 Å². The highest BCUT2D eigenvalue weighted by Crippen LogP contribution is 2.25. The number of piperidine rings is 1. The van der Waals surface area contributed by atoms with Gasteiger partial charge in [-0.1, -0.05) is 11.6 Å². The molecule has 1 aromatic heterocycles. The second-order valence-corrected chi connectivity index (χ2v) is 4.69. The minimum Gasteiger partial charge on any atom is -0.296 e. The van der Waals surface area contributed by atoms with Gasteiger partial charge in [-0.3, -0.25) is 19.6 Å². The number of carbonyl (C=O) groups excluding carboxylic acids is 2. The Kier molecular flexibility index (Phi) is 3.19. The van der Waals surface area contributed by atoms with Crippen LogP contribution in [0.1, 0.15) is 24.1 Å².